The van der Waals surface area contributed by atoms with E-state index in [0.29, 0.717) is 12.8 Å². The third-order valence-electron chi connectivity index (χ3n) is 3.67. The fourth-order valence-electron chi connectivity index (χ4n) is 2.92. The van der Waals surface area contributed by atoms with Crippen LogP contribution < -0.4 is 0 Å². The molecule has 0 heterocycles. The fourth-order valence-corrected chi connectivity index (χ4v) is 2.92. The molecule has 3 nitrogen and oxygen atoms in total. The van der Waals surface area contributed by atoms with Crippen LogP contribution in [0.5, 0.6) is 0 Å². The van der Waals surface area contributed by atoms with Gasteiger partial charge in [0.1, 0.15) is 5.41 Å². The van der Waals surface area contributed by atoms with E-state index in [1.165, 1.54) is 7.11 Å². The van der Waals surface area contributed by atoms with Gasteiger partial charge in [-0.1, -0.05) is 25.5 Å². The van der Waals surface area contributed by atoms with Crippen molar-refractivity contribution >= 4 is 11.8 Å². The van der Waals surface area contributed by atoms with Crippen molar-refractivity contribution in [1.82, 2.24) is 0 Å². The maximum atomic E-state index is 12.3. The van der Waals surface area contributed by atoms with Crippen molar-refractivity contribution in [2.45, 2.75) is 46.0 Å². The largest absolute Gasteiger partial charge is 0.468 e. The van der Waals surface area contributed by atoms with Crippen LogP contribution in [0.15, 0.2) is 12.2 Å². The van der Waals surface area contributed by atoms with Crippen LogP contribution in [0.3, 0.4) is 0 Å². The lowest BCUT2D eigenvalue weighted by molar-refractivity contribution is -0.163. The van der Waals surface area contributed by atoms with E-state index in [2.05, 4.69) is 0 Å². The van der Waals surface area contributed by atoms with Gasteiger partial charge in [0.2, 0.25) is 0 Å². The normalized spacial score (nSPS) is 29.6. The third kappa shape index (κ3) is 2.43. The molecule has 0 N–H and O–H groups in total. The number of rotatable bonds is 4. The Kier molecular flexibility index (Phi) is 4.91. The molecule has 0 bridgehead atoms. The van der Waals surface area contributed by atoms with Gasteiger partial charge in [0.25, 0.3) is 0 Å². The minimum atomic E-state index is -0.922. The maximum absolute atomic E-state index is 12.3. The molecule has 0 aromatic heterocycles. The smallest absolute Gasteiger partial charge is 0.319 e. The number of Topliss-reactive ketones (excluding diaryl/α,β-unsaturated/α-hetero) is 1. The van der Waals surface area contributed by atoms with Crippen LogP contribution in [-0.4, -0.2) is 18.9 Å². The number of carbonyl (C=O) groups excluding carboxylic acids is 2. The first-order chi connectivity index (χ1) is 8.13. The molecule has 0 aromatic rings. The van der Waals surface area contributed by atoms with Crippen LogP contribution in [0.1, 0.15) is 46.0 Å². The molecule has 1 aliphatic carbocycles. The van der Waals surface area contributed by atoms with Crippen molar-refractivity contribution in [2.75, 3.05) is 7.11 Å². The van der Waals surface area contributed by atoms with Crippen LogP contribution in [0.2, 0.25) is 0 Å². The predicted octanol–water partition coefficient (Wildman–Crippen LogP) is 2.89. The Balaban J connectivity index is 3.17. The number of esters is 1. The molecule has 17 heavy (non-hydrogen) atoms. The number of hydrogen-bond acceptors (Lipinski definition) is 3. The molecule has 0 amide bonds. The second-order valence-corrected chi connectivity index (χ2v) is 4.66. The van der Waals surface area contributed by atoms with Crippen molar-refractivity contribution in [2.24, 2.45) is 11.3 Å². The summed E-state index contributed by atoms with van der Waals surface area (Å²) in [7, 11) is 1.37. The quantitative estimate of drug-likeness (QED) is 0.429. The molecule has 1 rings (SSSR count). The Bertz CT molecular complexity index is 309. The number of carbonyl (C=O) groups is 2. The van der Waals surface area contributed by atoms with Crippen LogP contribution in [-0.2, 0) is 14.3 Å². The third-order valence-corrected chi connectivity index (χ3v) is 3.67. The Labute approximate surface area is 103 Å². The predicted molar refractivity (Wildman–Crippen MR) is 66.5 cm³/mol. The lowest BCUT2D eigenvalue weighted by atomic mass is 9.63. The molecule has 0 aromatic carbocycles. The molecule has 3 heteroatoms. The zero-order chi connectivity index (χ0) is 12.9. The van der Waals surface area contributed by atoms with Gasteiger partial charge in [-0.05, 0) is 32.1 Å². The maximum Gasteiger partial charge on any atom is 0.319 e. The van der Waals surface area contributed by atoms with Gasteiger partial charge in [0.05, 0.1) is 7.11 Å². The van der Waals surface area contributed by atoms with Crippen molar-refractivity contribution in [1.29, 1.82) is 0 Å². The average Bonchev–Trinajstić information content (AvgIpc) is 2.33. The van der Waals surface area contributed by atoms with Gasteiger partial charge in [-0.15, -0.1) is 0 Å². The molecular formula is C14H22O3. The van der Waals surface area contributed by atoms with Crippen LogP contribution >= 0.6 is 0 Å². The van der Waals surface area contributed by atoms with Crippen LogP contribution in [0, 0.1) is 11.3 Å². The average molecular weight is 238 g/mol. The molecule has 0 aliphatic heterocycles. The summed E-state index contributed by atoms with van der Waals surface area (Å²) in [6.07, 6.45) is 7.59. The molecule has 0 radical (unpaired) electrons. The zero-order valence-corrected chi connectivity index (χ0v) is 11.0. The molecule has 2 atom stereocenters. The van der Waals surface area contributed by atoms with E-state index in [4.69, 9.17) is 4.74 Å². The summed E-state index contributed by atoms with van der Waals surface area (Å²) >= 11 is 0. The summed E-state index contributed by atoms with van der Waals surface area (Å²) in [6, 6.07) is 0. The Morgan fingerprint density at radius 3 is 2.82 bits per heavy atom. The summed E-state index contributed by atoms with van der Waals surface area (Å²) in [5.41, 5.74) is -0.922. The van der Waals surface area contributed by atoms with Crippen molar-refractivity contribution in [3.05, 3.63) is 12.2 Å². The highest BCUT2D eigenvalue weighted by Crippen LogP contribution is 2.44. The van der Waals surface area contributed by atoms with Gasteiger partial charge in [-0.2, -0.15) is 0 Å². The first-order valence-electron chi connectivity index (χ1n) is 6.38. The number of methoxy groups -OCH3 is 1. The number of hydrogen-bond donors (Lipinski definition) is 0. The summed E-state index contributed by atoms with van der Waals surface area (Å²) in [6.45, 7) is 3.92. The summed E-state index contributed by atoms with van der Waals surface area (Å²) in [5.74, 6) is -0.297. The summed E-state index contributed by atoms with van der Waals surface area (Å²) in [4.78, 5) is 24.4. The van der Waals surface area contributed by atoms with Gasteiger partial charge < -0.3 is 4.74 Å². The van der Waals surface area contributed by atoms with E-state index in [1.54, 1.807) is 0 Å². The van der Waals surface area contributed by atoms with E-state index >= 15 is 0 Å². The SMILES string of the molecule is C/C=C/[C@@H]1CCCC(=O)[C@@]1(CCC)C(=O)OC. The summed E-state index contributed by atoms with van der Waals surface area (Å²) in [5, 5.41) is 0. The fraction of sp³-hybridized carbons (Fsp3) is 0.714. The monoisotopic (exact) mass is 238 g/mol. The topological polar surface area (TPSA) is 43.4 Å². The Morgan fingerprint density at radius 2 is 2.29 bits per heavy atom. The van der Waals surface area contributed by atoms with Gasteiger partial charge in [-0.3, -0.25) is 9.59 Å². The molecule has 0 spiro atoms. The Morgan fingerprint density at radius 1 is 1.59 bits per heavy atom. The number of allylic oxidation sites excluding steroid dienone is 2. The standard InChI is InChI=1S/C14H22O3/c1-4-7-11-8-6-9-12(15)14(11,10-5-2)13(16)17-3/h4,7,11H,5-6,8-10H2,1-3H3/b7-4+/t11-,14+/m1/s1. The second-order valence-electron chi connectivity index (χ2n) is 4.66. The molecule has 96 valence electrons. The first-order valence-corrected chi connectivity index (χ1v) is 6.38. The van der Waals surface area contributed by atoms with Gasteiger partial charge in [0, 0.05) is 6.42 Å². The van der Waals surface area contributed by atoms with Crippen molar-refractivity contribution in [3.63, 3.8) is 0 Å². The minimum Gasteiger partial charge on any atom is -0.468 e. The zero-order valence-electron chi connectivity index (χ0n) is 11.0. The Hall–Kier alpha value is -1.12. The highest BCUT2D eigenvalue weighted by molar-refractivity contribution is 6.04. The van der Waals surface area contributed by atoms with Gasteiger partial charge in [0.15, 0.2) is 5.78 Å². The molecule has 1 saturated carbocycles. The molecule has 0 unspecified atom stereocenters. The van der Waals surface area contributed by atoms with Crippen molar-refractivity contribution in [3.8, 4) is 0 Å². The van der Waals surface area contributed by atoms with Gasteiger partial charge in [-0.25, -0.2) is 0 Å². The molecular weight excluding hydrogens is 216 g/mol. The first kappa shape index (κ1) is 13.9. The second kappa shape index (κ2) is 5.99. The van der Waals surface area contributed by atoms with E-state index < -0.39 is 5.41 Å². The highest BCUT2D eigenvalue weighted by atomic mass is 16.5. The van der Waals surface area contributed by atoms with E-state index in [-0.39, 0.29) is 17.7 Å². The van der Waals surface area contributed by atoms with Crippen molar-refractivity contribution < 1.29 is 14.3 Å². The van der Waals surface area contributed by atoms with E-state index in [0.717, 1.165) is 19.3 Å². The molecule has 1 aliphatic rings. The lowest BCUT2D eigenvalue weighted by Crippen LogP contribution is -2.48. The number of ether oxygens (including phenoxy) is 1. The van der Waals surface area contributed by atoms with Crippen LogP contribution in [0.4, 0.5) is 0 Å². The van der Waals surface area contributed by atoms with Crippen LogP contribution in [0.25, 0.3) is 0 Å². The van der Waals surface area contributed by atoms with Gasteiger partial charge >= 0.3 is 5.97 Å². The highest BCUT2D eigenvalue weighted by Gasteiger charge is 2.52. The summed E-state index contributed by atoms with van der Waals surface area (Å²) < 4.78 is 4.90. The lowest BCUT2D eigenvalue weighted by Gasteiger charge is -2.38. The van der Waals surface area contributed by atoms with E-state index in [9.17, 15) is 9.59 Å². The minimum absolute atomic E-state index is 0.00106. The van der Waals surface area contributed by atoms with E-state index in [1.807, 2.05) is 26.0 Å². The number of ketones is 1. The molecule has 0 saturated heterocycles. The molecule has 1 fully saturated rings.